The number of hydrogen-bond donors (Lipinski definition) is 0. The Balaban J connectivity index is 1.36. The Labute approximate surface area is 190 Å². The molecular formula is C22H33N3O4S2. The van der Waals surface area contributed by atoms with E-state index in [2.05, 4.69) is 0 Å². The van der Waals surface area contributed by atoms with Crippen molar-refractivity contribution in [3.63, 3.8) is 0 Å². The molecule has 1 atom stereocenters. The summed E-state index contributed by atoms with van der Waals surface area (Å²) in [5.74, 6) is 0.842. The van der Waals surface area contributed by atoms with E-state index in [-0.39, 0.29) is 12.0 Å². The summed E-state index contributed by atoms with van der Waals surface area (Å²) in [4.78, 5) is 16.0. The maximum absolute atomic E-state index is 13.2. The lowest BCUT2D eigenvalue weighted by Crippen LogP contribution is -2.54. The number of rotatable bonds is 6. The second-order valence-electron chi connectivity index (χ2n) is 8.45. The van der Waals surface area contributed by atoms with Crippen LogP contribution in [0.25, 0.3) is 0 Å². The van der Waals surface area contributed by atoms with Gasteiger partial charge in [0, 0.05) is 56.5 Å². The zero-order valence-electron chi connectivity index (χ0n) is 18.1. The highest BCUT2D eigenvalue weighted by atomic mass is 32.2. The number of benzene rings is 1. The van der Waals surface area contributed by atoms with E-state index in [0.29, 0.717) is 44.8 Å². The minimum atomic E-state index is -3.44. The smallest absolute Gasteiger partial charge is 0.282 e. The van der Waals surface area contributed by atoms with E-state index >= 15 is 0 Å². The van der Waals surface area contributed by atoms with E-state index in [9.17, 15) is 13.2 Å². The lowest BCUT2D eigenvalue weighted by atomic mass is 10.2. The van der Waals surface area contributed by atoms with Crippen LogP contribution in [-0.4, -0.2) is 85.6 Å². The van der Waals surface area contributed by atoms with E-state index in [1.807, 2.05) is 24.3 Å². The van der Waals surface area contributed by atoms with Crippen molar-refractivity contribution in [3.05, 3.63) is 29.8 Å². The Morgan fingerprint density at radius 1 is 0.935 bits per heavy atom. The maximum atomic E-state index is 13.2. The molecule has 0 radical (unpaired) electrons. The minimum absolute atomic E-state index is 0.0118. The van der Waals surface area contributed by atoms with Gasteiger partial charge in [-0.2, -0.15) is 17.0 Å². The van der Waals surface area contributed by atoms with Crippen LogP contribution in [-0.2, 0) is 14.9 Å². The third-order valence-corrected chi connectivity index (χ3v) is 9.55. The van der Waals surface area contributed by atoms with E-state index in [4.69, 9.17) is 4.74 Å². The molecule has 1 unspecified atom stereocenters. The van der Waals surface area contributed by atoms with Crippen LogP contribution in [0, 0.1) is 0 Å². The van der Waals surface area contributed by atoms with Crippen molar-refractivity contribution in [1.29, 1.82) is 0 Å². The van der Waals surface area contributed by atoms with E-state index in [1.165, 1.54) is 0 Å². The van der Waals surface area contributed by atoms with Gasteiger partial charge in [-0.3, -0.25) is 4.79 Å². The van der Waals surface area contributed by atoms with Crippen LogP contribution < -0.4 is 0 Å². The molecule has 3 saturated heterocycles. The van der Waals surface area contributed by atoms with E-state index < -0.39 is 10.2 Å². The average Bonchev–Trinajstić information content (AvgIpc) is 3.16. The van der Waals surface area contributed by atoms with Crippen LogP contribution >= 0.6 is 11.8 Å². The predicted molar refractivity (Wildman–Crippen MR) is 123 cm³/mol. The molecule has 0 bridgehead atoms. The molecule has 172 valence electrons. The summed E-state index contributed by atoms with van der Waals surface area (Å²) < 4.78 is 35.0. The molecule has 3 aliphatic rings. The summed E-state index contributed by atoms with van der Waals surface area (Å²) in [7, 11) is -3.44. The molecule has 9 heteroatoms. The third-order valence-electron chi connectivity index (χ3n) is 6.31. The average molecular weight is 468 g/mol. The topological polar surface area (TPSA) is 70.2 Å². The van der Waals surface area contributed by atoms with Gasteiger partial charge in [-0.05, 0) is 37.8 Å². The fourth-order valence-corrected chi connectivity index (χ4v) is 7.24. The number of nitrogens with zero attached hydrogens (tertiary/aromatic N) is 3. The quantitative estimate of drug-likeness (QED) is 0.602. The number of thioether (sulfide) groups is 1. The van der Waals surface area contributed by atoms with Gasteiger partial charge >= 0.3 is 0 Å². The Bertz CT molecular complexity index is 842. The van der Waals surface area contributed by atoms with Gasteiger partial charge in [0.25, 0.3) is 16.1 Å². The predicted octanol–water partition coefficient (Wildman–Crippen LogP) is 2.84. The van der Waals surface area contributed by atoms with Crippen LogP contribution in [0.5, 0.6) is 0 Å². The SMILES string of the molecule is O=C(c1ccccc1SCC1CCCO1)N1CCN(S(=O)(=O)N2CCCCCC2)CC1. The minimum Gasteiger partial charge on any atom is -0.377 e. The summed E-state index contributed by atoms with van der Waals surface area (Å²) >= 11 is 1.68. The lowest BCUT2D eigenvalue weighted by molar-refractivity contribution is 0.0690. The first-order valence-electron chi connectivity index (χ1n) is 11.4. The molecular weight excluding hydrogens is 434 g/mol. The standard InChI is InChI=1S/C22H33N3O4S2/c26-22(20-9-3-4-10-21(20)30-18-19-8-7-17-29-19)23-13-15-25(16-14-23)31(27,28)24-11-5-1-2-6-12-24/h3-4,9-10,19H,1-2,5-8,11-18H2. The van der Waals surface area contributed by atoms with Crippen molar-refractivity contribution in [2.45, 2.75) is 49.5 Å². The first-order valence-corrected chi connectivity index (χ1v) is 13.8. The molecule has 31 heavy (non-hydrogen) atoms. The molecule has 0 aliphatic carbocycles. The molecule has 3 heterocycles. The number of amides is 1. The molecule has 0 aromatic heterocycles. The molecule has 1 amide bonds. The third kappa shape index (κ3) is 5.63. The normalized spacial score (nSPS) is 24.3. The van der Waals surface area contributed by atoms with Crippen LogP contribution in [0.3, 0.4) is 0 Å². The molecule has 3 fully saturated rings. The summed E-state index contributed by atoms with van der Waals surface area (Å²) in [6.45, 7) is 3.61. The van der Waals surface area contributed by atoms with Gasteiger partial charge in [-0.15, -0.1) is 11.8 Å². The van der Waals surface area contributed by atoms with Crippen molar-refractivity contribution < 1.29 is 17.9 Å². The Hall–Kier alpha value is -1.13. The van der Waals surface area contributed by atoms with Crippen LogP contribution in [0.1, 0.15) is 48.9 Å². The summed E-state index contributed by atoms with van der Waals surface area (Å²) in [6, 6.07) is 7.72. The monoisotopic (exact) mass is 467 g/mol. The second-order valence-corrected chi connectivity index (χ2v) is 11.4. The summed E-state index contributed by atoms with van der Waals surface area (Å²) in [6.07, 6.45) is 6.50. The molecule has 1 aromatic carbocycles. The zero-order valence-corrected chi connectivity index (χ0v) is 19.7. The first kappa shape index (κ1) is 23.0. The first-order chi connectivity index (χ1) is 15.1. The summed E-state index contributed by atoms with van der Waals surface area (Å²) in [5, 5.41) is 0. The Kier molecular flexibility index (Phi) is 7.92. The van der Waals surface area contributed by atoms with Crippen molar-refractivity contribution in [2.24, 2.45) is 0 Å². The van der Waals surface area contributed by atoms with Gasteiger partial charge in [0.15, 0.2) is 0 Å². The number of carbonyl (C=O) groups excluding carboxylic acids is 1. The van der Waals surface area contributed by atoms with Crippen LogP contribution in [0.15, 0.2) is 29.2 Å². The van der Waals surface area contributed by atoms with Gasteiger partial charge in [0.05, 0.1) is 11.7 Å². The number of hydrogen-bond acceptors (Lipinski definition) is 5. The summed E-state index contributed by atoms with van der Waals surface area (Å²) in [5.41, 5.74) is 0.703. The van der Waals surface area contributed by atoms with Gasteiger partial charge in [-0.1, -0.05) is 25.0 Å². The second kappa shape index (κ2) is 10.7. The molecule has 3 aliphatic heterocycles. The highest BCUT2D eigenvalue weighted by molar-refractivity contribution is 7.99. The molecule has 0 spiro atoms. The maximum Gasteiger partial charge on any atom is 0.282 e. The van der Waals surface area contributed by atoms with Crippen LogP contribution in [0.4, 0.5) is 0 Å². The Morgan fingerprint density at radius 2 is 1.61 bits per heavy atom. The van der Waals surface area contributed by atoms with Crippen molar-refractivity contribution in [2.75, 3.05) is 51.6 Å². The number of piperazine rings is 1. The highest BCUT2D eigenvalue weighted by Gasteiger charge is 2.34. The molecule has 1 aromatic rings. The zero-order chi connectivity index (χ0) is 21.7. The van der Waals surface area contributed by atoms with Gasteiger partial charge in [-0.25, -0.2) is 0 Å². The van der Waals surface area contributed by atoms with Crippen molar-refractivity contribution >= 4 is 27.9 Å². The van der Waals surface area contributed by atoms with Gasteiger partial charge < -0.3 is 9.64 Å². The Morgan fingerprint density at radius 3 is 2.29 bits per heavy atom. The lowest BCUT2D eigenvalue weighted by Gasteiger charge is -2.36. The molecule has 0 N–H and O–H groups in total. The number of ether oxygens (including phenoxy) is 1. The van der Waals surface area contributed by atoms with E-state index in [1.54, 1.807) is 25.3 Å². The largest absolute Gasteiger partial charge is 0.377 e. The van der Waals surface area contributed by atoms with Gasteiger partial charge in [0.1, 0.15) is 0 Å². The molecule has 7 nitrogen and oxygen atoms in total. The molecule has 4 rings (SSSR count). The number of carbonyl (C=O) groups is 1. The van der Waals surface area contributed by atoms with E-state index in [0.717, 1.165) is 55.8 Å². The van der Waals surface area contributed by atoms with Crippen LogP contribution in [0.2, 0.25) is 0 Å². The van der Waals surface area contributed by atoms with Crippen molar-refractivity contribution in [1.82, 2.24) is 13.5 Å². The molecule has 0 saturated carbocycles. The highest BCUT2D eigenvalue weighted by Crippen LogP contribution is 2.28. The fraction of sp³-hybridized carbons (Fsp3) is 0.682. The fourth-order valence-electron chi connectivity index (χ4n) is 4.46. The van der Waals surface area contributed by atoms with Gasteiger partial charge in [0.2, 0.25) is 0 Å². The van der Waals surface area contributed by atoms with Crippen molar-refractivity contribution in [3.8, 4) is 0 Å².